The number of fused-ring (bicyclic) bond motifs is 5. The van der Waals surface area contributed by atoms with Gasteiger partial charge in [-0.3, -0.25) is 0 Å². The lowest BCUT2D eigenvalue weighted by Crippen LogP contribution is -2.08. The van der Waals surface area contributed by atoms with Crippen LogP contribution in [-0.2, 0) is 0 Å². The Balaban J connectivity index is 1.10. The maximum atomic E-state index is 2.44. The third-order valence-corrected chi connectivity index (χ3v) is 8.88. The highest BCUT2D eigenvalue weighted by Crippen LogP contribution is 2.37. The van der Waals surface area contributed by atoms with Crippen molar-refractivity contribution in [1.82, 2.24) is 0 Å². The Kier molecular flexibility index (Phi) is 5.52. The molecule has 2 aliphatic rings. The van der Waals surface area contributed by atoms with Gasteiger partial charge in [-0.05, 0) is 115 Å². The van der Waals surface area contributed by atoms with Crippen LogP contribution in [0.5, 0.6) is 0 Å². The first-order chi connectivity index (χ1) is 19.8. The zero-order valence-electron chi connectivity index (χ0n) is 22.5. The highest BCUT2D eigenvalue weighted by atomic mass is 14.2. The van der Waals surface area contributed by atoms with Crippen LogP contribution in [-0.4, -0.2) is 0 Å². The maximum Gasteiger partial charge on any atom is -0.0105 e. The van der Waals surface area contributed by atoms with Crippen molar-refractivity contribution in [2.75, 3.05) is 0 Å². The summed E-state index contributed by atoms with van der Waals surface area (Å²) in [6, 6.07) is 42.7. The van der Waals surface area contributed by atoms with Crippen LogP contribution >= 0.6 is 0 Å². The summed E-state index contributed by atoms with van der Waals surface area (Å²) < 4.78 is 0. The number of hydrogen-bond acceptors (Lipinski definition) is 0. The molecule has 0 heteroatoms. The second-order valence-corrected chi connectivity index (χ2v) is 11.3. The first-order valence-corrected chi connectivity index (χ1v) is 14.4. The summed E-state index contributed by atoms with van der Waals surface area (Å²) in [6.45, 7) is 0. The van der Waals surface area contributed by atoms with E-state index in [1.807, 2.05) is 0 Å². The molecule has 0 fully saturated rings. The third-order valence-electron chi connectivity index (χ3n) is 8.88. The van der Waals surface area contributed by atoms with Gasteiger partial charge >= 0.3 is 0 Å². The van der Waals surface area contributed by atoms with Crippen molar-refractivity contribution in [3.05, 3.63) is 151 Å². The summed E-state index contributed by atoms with van der Waals surface area (Å²) in [6.07, 6.45) is 13.2. The van der Waals surface area contributed by atoms with E-state index in [1.165, 1.54) is 84.1 Å². The molecule has 0 aliphatic heterocycles. The quantitative estimate of drug-likeness (QED) is 0.208. The molecule has 6 aromatic rings. The molecule has 0 saturated carbocycles. The maximum absolute atomic E-state index is 2.44. The van der Waals surface area contributed by atoms with Crippen molar-refractivity contribution >= 4 is 37.9 Å². The molecule has 8 rings (SSSR count). The van der Waals surface area contributed by atoms with Crippen LogP contribution in [0, 0.1) is 5.92 Å². The lowest BCUT2D eigenvalue weighted by molar-refractivity contribution is 0.567. The molecular weight excluding hydrogens is 480 g/mol. The SMILES string of the molecule is C1=CC2=CC(c3ccc4c(ccc5cc(-c6ccc(-c7ccc8ccccc8c7)cc6)ccc54)c3)=CCC2CC1. The standard InChI is InChI=1S/C40H30/c1-3-7-31-23-33(15-13-27(31)5-1)29-9-11-30(12-10-29)34-19-21-39-37(25-34)17-18-38-26-36(20-22-40(38)39)35-16-14-28-6-2-4-8-32(28)24-35/h1,3-5,7-13,15-26,28H,2,6,14H2. The Labute approximate surface area is 235 Å². The normalized spacial score (nSPS) is 16.6. The predicted molar refractivity (Wildman–Crippen MR) is 172 cm³/mol. The average molecular weight is 511 g/mol. The Morgan fingerprint density at radius 2 is 1.07 bits per heavy atom. The van der Waals surface area contributed by atoms with Gasteiger partial charge in [0, 0.05) is 0 Å². The van der Waals surface area contributed by atoms with Crippen molar-refractivity contribution in [3.63, 3.8) is 0 Å². The Morgan fingerprint density at radius 3 is 1.82 bits per heavy atom. The highest BCUT2D eigenvalue weighted by Gasteiger charge is 2.19. The minimum Gasteiger partial charge on any atom is -0.0842 e. The zero-order chi connectivity index (χ0) is 26.5. The summed E-state index contributed by atoms with van der Waals surface area (Å²) in [7, 11) is 0. The zero-order valence-corrected chi connectivity index (χ0v) is 22.5. The Hall–Kier alpha value is -4.68. The molecule has 190 valence electrons. The van der Waals surface area contributed by atoms with Crippen LogP contribution in [0.2, 0.25) is 0 Å². The molecule has 0 N–H and O–H groups in total. The van der Waals surface area contributed by atoms with E-state index in [0.717, 1.165) is 6.42 Å². The van der Waals surface area contributed by atoms with Crippen LogP contribution in [0.15, 0.2) is 145 Å². The van der Waals surface area contributed by atoms with E-state index >= 15 is 0 Å². The van der Waals surface area contributed by atoms with Gasteiger partial charge in [0.25, 0.3) is 0 Å². The first-order valence-electron chi connectivity index (χ1n) is 14.4. The highest BCUT2D eigenvalue weighted by molar-refractivity contribution is 6.09. The van der Waals surface area contributed by atoms with Gasteiger partial charge in [0.15, 0.2) is 0 Å². The van der Waals surface area contributed by atoms with E-state index in [1.54, 1.807) is 0 Å². The van der Waals surface area contributed by atoms with Crippen LogP contribution in [0.1, 0.15) is 24.8 Å². The van der Waals surface area contributed by atoms with Crippen LogP contribution in [0.3, 0.4) is 0 Å². The molecule has 0 aromatic heterocycles. The Morgan fingerprint density at radius 1 is 0.500 bits per heavy atom. The smallest absolute Gasteiger partial charge is 0.0105 e. The molecule has 0 heterocycles. The number of benzene rings is 6. The van der Waals surface area contributed by atoms with E-state index in [-0.39, 0.29) is 0 Å². The van der Waals surface area contributed by atoms with Gasteiger partial charge in [0.2, 0.25) is 0 Å². The van der Waals surface area contributed by atoms with E-state index in [0.29, 0.717) is 5.92 Å². The summed E-state index contributed by atoms with van der Waals surface area (Å²) in [4.78, 5) is 0. The van der Waals surface area contributed by atoms with Crippen LogP contribution in [0.4, 0.5) is 0 Å². The Bertz CT molecular complexity index is 2010. The first kappa shape index (κ1) is 23.2. The third kappa shape index (κ3) is 4.08. The van der Waals surface area contributed by atoms with Gasteiger partial charge in [0.1, 0.15) is 0 Å². The number of hydrogen-bond donors (Lipinski definition) is 0. The van der Waals surface area contributed by atoms with Crippen LogP contribution in [0.25, 0.3) is 60.1 Å². The average Bonchev–Trinajstić information content (AvgIpc) is 3.03. The fourth-order valence-corrected chi connectivity index (χ4v) is 6.60. The lowest BCUT2D eigenvalue weighted by atomic mass is 9.80. The second kappa shape index (κ2) is 9.50. The molecule has 0 nitrogen and oxygen atoms in total. The molecule has 0 spiro atoms. The van der Waals surface area contributed by atoms with Gasteiger partial charge in [0.05, 0.1) is 0 Å². The lowest BCUT2D eigenvalue weighted by Gasteiger charge is -2.24. The summed E-state index contributed by atoms with van der Waals surface area (Å²) in [5.41, 5.74) is 9.18. The number of allylic oxidation sites excluding steroid dienone is 6. The fourth-order valence-electron chi connectivity index (χ4n) is 6.60. The second-order valence-electron chi connectivity index (χ2n) is 11.3. The van der Waals surface area contributed by atoms with Gasteiger partial charge in [-0.25, -0.2) is 0 Å². The largest absolute Gasteiger partial charge is 0.0842 e. The van der Waals surface area contributed by atoms with Gasteiger partial charge < -0.3 is 0 Å². The molecule has 40 heavy (non-hydrogen) atoms. The van der Waals surface area contributed by atoms with Crippen LogP contribution < -0.4 is 0 Å². The topological polar surface area (TPSA) is 0 Å². The number of rotatable bonds is 3. The molecular formula is C40H30. The van der Waals surface area contributed by atoms with E-state index < -0.39 is 0 Å². The fraction of sp³-hybridized carbons (Fsp3) is 0.100. The predicted octanol–water partition coefficient (Wildman–Crippen LogP) is 11.2. The van der Waals surface area contributed by atoms with E-state index in [9.17, 15) is 0 Å². The van der Waals surface area contributed by atoms with Crippen molar-refractivity contribution in [2.45, 2.75) is 19.3 Å². The van der Waals surface area contributed by atoms with Crippen molar-refractivity contribution < 1.29 is 0 Å². The molecule has 0 radical (unpaired) electrons. The minimum absolute atomic E-state index is 0.710. The summed E-state index contributed by atoms with van der Waals surface area (Å²) in [5.74, 6) is 0.710. The molecule has 0 saturated heterocycles. The monoisotopic (exact) mass is 510 g/mol. The minimum atomic E-state index is 0.710. The molecule has 0 bridgehead atoms. The molecule has 1 atom stereocenters. The summed E-state index contributed by atoms with van der Waals surface area (Å²) in [5, 5.41) is 7.77. The molecule has 1 unspecified atom stereocenters. The van der Waals surface area contributed by atoms with Crippen molar-refractivity contribution in [2.24, 2.45) is 5.92 Å². The van der Waals surface area contributed by atoms with E-state index in [2.05, 4.69) is 140 Å². The van der Waals surface area contributed by atoms with Gasteiger partial charge in [-0.15, -0.1) is 0 Å². The van der Waals surface area contributed by atoms with Crippen molar-refractivity contribution in [3.8, 4) is 22.3 Å². The van der Waals surface area contributed by atoms with Gasteiger partial charge in [-0.1, -0.05) is 121 Å². The molecule has 2 aliphatic carbocycles. The van der Waals surface area contributed by atoms with Gasteiger partial charge in [-0.2, -0.15) is 0 Å². The molecule has 0 amide bonds. The van der Waals surface area contributed by atoms with Crippen molar-refractivity contribution in [1.29, 1.82) is 0 Å². The molecule has 6 aromatic carbocycles. The summed E-state index contributed by atoms with van der Waals surface area (Å²) >= 11 is 0. The van der Waals surface area contributed by atoms with E-state index in [4.69, 9.17) is 0 Å².